The number of carbonyl (C=O) groups excluding carboxylic acids is 1. The van der Waals surface area contributed by atoms with E-state index in [1.54, 1.807) is 31.4 Å². The van der Waals surface area contributed by atoms with Gasteiger partial charge in [-0.15, -0.1) is 0 Å². The van der Waals surface area contributed by atoms with Crippen molar-refractivity contribution < 1.29 is 13.9 Å². The number of rotatable bonds is 5. The third kappa shape index (κ3) is 3.03. The van der Waals surface area contributed by atoms with Crippen molar-refractivity contribution in [1.82, 2.24) is 9.55 Å². The molecule has 0 amide bonds. The summed E-state index contributed by atoms with van der Waals surface area (Å²) in [6, 6.07) is 12.9. The lowest BCUT2D eigenvalue weighted by Crippen LogP contribution is -2.38. The van der Waals surface area contributed by atoms with Crippen LogP contribution in [0.2, 0.25) is 0 Å². The van der Waals surface area contributed by atoms with Gasteiger partial charge in [0, 0.05) is 42.9 Å². The van der Waals surface area contributed by atoms with Crippen LogP contribution in [0.4, 0.5) is 10.2 Å². The molecule has 2 aromatic carbocycles. The highest BCUT2D eigenvalue weighted by atomic mass is 19.1. The van der Waals surface area contributed by atoms with Crippen LogP contribution < -0.4 is 16.6 Å². The number of anilines is 1. The third-order valence-electron chi connectivity index (χ3n) is 5.94. The Morgan fingerprint density at radius 2 is 1.75 bits per heavy atom. The topological polar surface area (TPSA) is 93.2 Å². The lowest BCUT2D eigenvalue weighted by molar-refractivity contribution is 0.103. The number of allylic oxidation sites excluding steroid dienone is 1. The van der Waals surface area contributed by atoms with Crippen LogP contribution in [0.5, 0.6) is 0 Å². The zero-order chi connectivity index (χ0) is 22.4. The van der Waals surface area contributed by atoms with E-state index in [0.717, 1.165) is 0 Å². The number of hydrogen-bond acceptors (Lipinski definition) is 5. The highest BCUT2D eigenvalue weighted by molar-refractivity contribution is 6.23. The van der Waals surface area contributed by atoms with Crippen LogP contribution >= 0.6 is 0 Å². The summed E-state index contributed by atoms with van der Waals surface area (Å²) in [6.45, 7) is 0.754. The number of fused-ring (bicyclic) bond motifs is 3. The summed E-state index contributed by atoms with van der Waals surface area (Å²) in [5.74, 6) is -1.02. The van der Waals surface area contributed by atoms with Crippen LogP contribution in [-0.4, -0.2) is 29.1 Å². The van der Waals surface area contributed by atoms with Crippen molar-refractivity contribution in [2.24, 2.45) is 0 Å². The summed E-state index contributed by atoms with van der Waals surface area (Å²) in [5.41, 5.74) is 1.94. The minimum absolute atomic E-state index is 0.195. The van der Waals surface area contributed by atoms with Gasteiger partial charge < -0.3 is 10.1 Å². The van der Waals surface area contributed by atoms with Gasteiger partial charge in [0.15, 0.2) is 5.78 Å². The fourth-order valence-corrected chi connectivity index (χ4v) is 4.53. The molecular formula is C24H20FN3O4. The lowest BCUT2D eigenvalue weighted by Gasteiger charge is -2.29. The average molecular weight is 433 g/mol. The van der Waals surface area contributed by atoms with E-state index >= 15 is 0 Å². The van der Waals surface area contributed by atoms with Crippen LogP contribution in [0.15, 0.2) is 63.7 Å². The van der Waals surface area contributed by atoms with E-state index < -0.39 is 23.0 Å². The van der Waals surface area contributed by atoms with Crippen molar-refractivity contribution in [3.05, 3.63) is 103 Å². The first-order valence-corrected chi connectivity index (χ1v) is 10.3. The molecule has 8 heteroatoms. The molecule has 32 heavy (non-hydrogen) atoms. The Labute approximate surface area is 182 Å². The van der Waals surface area contributed by atoms with Crippen molar-refractivity contribution >= 4 is 17.3 Å². The zero-order valence-electron chi connectivity index (χ0n) is 17.3. The zero-order valence-corrected chi connectivity index (χ0v) is 17.3. The summed E-state index contributed by atoms with van der Waals surface area (Å²) >= 11 is 0. The molecule has 7 nitrogen and oxygen atoms in total. The van der Waals surface area contributed by atoms with E-state index in [0.29, 0.717) is 53.4 Å². The summed E-state index contributed by atoms with van der Waals surface area (Å²) in [5, 5.41) is 3.22. The smallest absolute Gasteiger partial charge is 0.329 e. The number of benzene rings is 2. The van der Waals surface area contributed by atoms with Crippen molar-refractivity contribution in [3.8, 4) is 0 Å². The van der Waals surface area contributed by atoms with Gasteiger partial charge in [-0.1, -0.05) is 36.4 Å². The van der Waals surface area contributed by atoms with Crippen LogP contribution in [0.25, 0.3) is 5.70 Å². The Bertz CT molecular complexity index is 1390. The van der Waals surface area contributed by atoms with E-state index in [-0.39, 0.29) is 11.3 Å². The molecule has 0 spiro atoms. The Morgan fingerprint density at radius 3 is 2.47 bits per heavy atom. The van der Waals surface area contributed by atoms with Gasteiger partial charge in [0.1, 0.15) is 11.6 Å². The molecule has 0 bridgehead atoms. The monoisotopic (exact) mass is 433 g/mol. The first-order valence-electron chi connectivity index (χ1n) is 10.3. The average Bonchev–Trinajstić information content (AvgIpc) is 3.07. The number of ether oxygens (including phenoxy) is 1. The van der Waals surface area contributed by atoms with Crippen molar-refractivity contribution in [3.63, 3.8) is 0 Å². The molecule has 1 aliphatic heterocycles. The number of aromatic amines is 1. The number of aromatic nitrogens is 2. The fraction of sp³-hybridized carbons (Fsp3) is 0.208. The Morgan fingerprint density at radius 1 is 1.03 bits per heavy atom. The SMILES string of the molecule is COCCCn1c2c(c(=O)[nH]c1=O)C(c1ccc(F)cc1)C1=C(N2)c2ccccc2C1=O. The van der Waals surface area contributed by atoms with Crippen LogP contribution in [0.1, 0.15) is 39.4 Å². The number of methoxy groups -OCH3 is 1. The third-order valence-corrected chi connectivity index (χ3v) is 5.94. The molecule has 1 unspecified atom stereocenters. The predicted octanol–water partition coefficient (Wildman–Crippen LogP) is 2.88. The number of ketones is 1. The predicted molar refractivity (Wildman–Crippen MR) is 117 cm³/mol. The first-order chi connectivity index (χ1) is 15.5. The molecule has 0 radical (unpaired) electrons. The molecule has 1 aliphatic carbocycles. The molecule has 162 valence electrons. The van der Waals surface area contributed by atoms with Gasteiger partial charge in [0.25, 0.3) is 5.56 Å². The first kappa shape index (κ1) is 20.1. The Hall–Kier alpha value is -3.78. The van der Waals surface area contributed by atoms with Gasteiger partial charge in [0.2, 0.25) is 0 Å². The fourth-order valence-electron chi connectivity index (χ4n) is 4.53. The molecule has 5 rings (SSSR count). The van der Waals surface area contributed by atoms with Crippen LogP contribution in [-0.2, 0) is 11.3 Å². The van der Waals surface area contributed by atoms with Gasteiger partial charge in [-0.2, -0.15) is 0 Å². The number of nitrogens with one attached hydrogen (secondary N) is 2. The molecule has 0 fully saturated rings. The Balaban J connectivity index is 1.78. The lowest BCUT2D eigenvalue weighted by atomic mass is 9.81. The molecule has 2 heterocycles. The maximum absolute atomic E-state index is 13.7. The highest BCUT2D eigenvalue weighted by Crippen LogP contribution is 2.47. The molecule has 1 atom stereocenters. The number of nitrogens with zero attached hydrogens (tertiary/aromatic N) is 1. The maximum atomic E-state index is 13.7. The second kappa shape index (κ2) is 7.72. The minimum atomic E-state index is -0.750. The second-order valence-corrected chi connectivity index (χ2v) is 7.79. The summed E-state index contributed by atoms with van der Waals surface area (Å²) in [6.07, 6.45) is 0.555. The van der Waals surface area contributed by atoms with Gasteiger partial charge in [-0.3, -0.25) is 19.1 Å². The number of carbonyl (C=O) groups is 1. The normalized spacial score (nSPS) is 16.4. The summed E-state index contributed by atoms with van der Waals surface area (Å²) in [7, 11) is 1.58. The second-order valence-electron chi connectivity index (χ2n) is 7.79. The Kier molecular flexibility index (Phi) is 4.86. The van der Waals surface area contributed by atoms with Crippen molar-refractivity contribution in [2.45, 2.75) is 18.9 Å². The van der Waals surface area contributed by atoms with Crippen molar-refractivity contribution in [1.29, 1.82) is 0 Å². The quantitative estimate of drug-likeness (QED) is 0.604. The highest BCUT2D eigenvalue weighted by Gasteiger charge is 2.42. The van der Waals surface area contributed by atoms with E-state index in [1.165, 1.54) is 16.7 Å². The van der Waals surface area contributed by atoms with E-state index in [4.69, 9.17) is 4.74 Å². The molecule has 2 aliphatic rings. The van der Waals surface area contributed by atoms with Gasteiger partial charge in [-0.25, -0.2) is 9.18 Å². The summed E-state index contributed by atoms with van der Waals surface area (Å²) < 4.78 is 20.2. The molecule has 0 saturated heterocycles. The van der Waals surface area contributed by atoms with Gasteiger partial charge in [-0.05, 0) is 24.1 Å². The molecule has 3 aromatic rings. The van der Waals surface area contributed by atoms with E-state index in [1.807, 2.05) is 12.1 Å². The molecule has 0 saturated carbocycles. The van der Waals surface area contributed by atoms with Gasteiger partial charge in [0.05, 0.1) is 11.3 Å². The number of H-pyrrole nitrogens is 1. The number of hydrogen-bond donors (Lipinski definition) is 2. The molecule has 2 N–H and O–H groups in total. The largest absolute Gasteiger partial charge is 0.385 e. The number of halogens is 1. The standard InChI is InChI=1S/C24H20FN3O4/c1-32-12-4-11-28-22-19(23(30)27-24(28)31)17(13-7-9-14(25)10-8-13)18-20(26-22)15-5-2-3-6-16(15)21(18)29/h2-3,5-10,17,26H,4,11-12H2,1H3,(H,27,30,31). The minimum Gasteiger partial charge on any atom is -0.385 e. The van der Waals surface area contributed by atoms with Crippen LogP contribution in [0, 0.1) is 5.82 Å². The van der Waals surface area contributed by atoms with Crippen molar-refractivity contribution in [2.75, 3.05) is 19.0 Å². The maximum Gasteiger partial charge on any atom is 0.329 e. The summed E-state index contributed by atoms with van der Waals surface area (Å²) in [4.78, 5) is 41.5. The van der Waals surface area contributed by atoms with Gasteiger partial charge >= 0.3 is 5.69 Å². The molecular weight excluding hydrogens is 413 g/mol. The van der Waals surface area contributed by atoms with E-state index in [2.05, 4.69) is 10.3 Å². The molecule has 1 aromatic heterocycles. The number of Topliss-reactive ketones (excluding diaryl/α,β-unsaturated/α-hetero) is 1. The van der Waals surface area contributed by atoms with E-state index in [9.17, 15) is 18.8 Å². The van der Waals surface area contributed by atoms with Crippen LogP contribution in [0.3, 0.4) is 0 Å².